The van der Waals surface area contributed by atoms with Gasteiger partial charge in [-0.3, -0.25) is 10.1 Å². The SMILES string of the molecule is COc1ccc(S(=O)(=O)Nc2ccc(Oc3ccc4cc(C(=N)N)ccc4c3)c(C(=O)O)c2)cc1. The summed E-state index contributed by atoms with van der Waals surface area (Å²) in [6, 6.07) is 20.2. The lowest BCUT2D eigenvalue weighted by Gasteiger charge is -2.13. The van der Waals surface area contributed by atoms with Gasteiger partial charge in [0.2, 0.25) is 0 Å². The fourth-order valence-electron chi connectivity index (χ4n) is 3.40. The summed E-state index contributed by atoms with van der Waals surface area (Å²) in [6.07, 6.45) is 0. The van der Waals surface area contributed by atoms with Gasteiger partial charge in [-0.05, 0) is 71.4 Å². The topological polar surface area (TPSA) is 152 Å². The average molecular weight is 492 g/mol. The Morgan fingerprint density at radius 2 is 1.57 bits per heavy atom. The second-order valence-electron chi connectivity index (χ2n) is 7.54. The van der Waals surface area contributed by atoms with Gasteiger partial charge in [-0.25, -0.2) is 13.2 Å². The van der Waals surface area contributed by atoms with Crippen molar-refractivity contribution in [2.45, 2.75) is 4.90 Å². The van der Waals surface area contributed by atoms with Gasteiger partial charge in [-0.1, -0.05) is 18.2 Å². The third-order valence-electron chi connectivity index (χ3n) is 5.18. The maximum absolute atomic E-state index is 12.7. The molecule has 10 heteroatoms. The van der Waals surface area contributed by atoms with Crippen molar-refractivity contribution in [3.63, 3.8) is 0 Å². The molecular formula is C25H21N3O6S. The molecule has 4 aromatic rings. The van der Waals surface area contributed by atoms with Crippen molar-refractivity contribution >= 4 is 38.3 Å². The highest BCUT2D eigenvalue weighted by Gasteiger charge is 2.18. The van der Waals surface area contributed by atoms with Gasteiger partial charge < -0.3 is 20.3 Å². The molecule has 0 saturated heterocycles. The van der Waals surface area contributed by atoms with E-state index in [0.717, 1.165) is 10.8 Å². The number of nitrogens with two attached hydrogens (primary N) is 1. The number of hydrogen-bond donors (Lipinski definition) is 4. The highest BCUT2D eigenvalue weighted by Crippen LogP contribution is 2.31. The number of methoxy groups -OCH3 is 1. The molecule has 0 radical (unpaired) electrons. The molecule has 0 aliphatic carbocycles. The van der Waals surface area contributed by atoms with Crippen molar-refractivity contribution < 1.29 is 27.8 Å². The number of benzene rings is 4. The lowest BCUT2D eigenvalue weighted by atomic mass is 10.1. The smallest absolute Gasteiger partial charge is 0.339 e. The van der Waals surface area contributed by atoms with Crippen LogP contribution >= 0.6 is 0 Å². The fraction of sp³-hybridized carbons (Fsp3) is 0.0400. The van der Waals surface area contributed by atoms with Gasteiger partial charge in [0, 0.05) is 11.3 Å². The quantitative estimate of drug-likeness (QED) is 0.210. The van der Waals surface area contributed by atoms with Crippen molar-refractivity contribution in [2.24, 2.45) is 5.73 Å². The average Bonchev–Trinajstić information content (AvgIpc) is 2.84. The zero-order valence-electron chi connectivity index (χ0n) is 18.5. The number of aromatic carboxylic acids is 1. The summed E-state index contributed by atoms with van der Waals surface area (Å²) >= 11 is 0. The summed E-state index contributed by atoms with van der Waals surface area (Å²) in [5.74, 6) is -0.378. The van der Waals surface area contributed by atoms with Gasteiger partial charge in [0.05, 0.1) is 12.0 Å². The van der Waals surface area contributed by atoms with Crippen molar-refractivity contribution in [1.29, 1.82) is 5.41 Å². The molecule has 0 atom stereocenters. The lowest BCUT2D eigenvalue weighted by molar-refractivity contribution is 0.0694. The van der Waals surface area contributed by atoms with E-state index in [1.54, 1.807) is 36.4 Å². The van der Waals surface area contributed by atoms with E-state index in [2.05, 4.69) is 4.72 Å². The standard InChI is InChI=1S/C25H21N3O6S/c1-33-19-7-9-21(10-8-19)35(31,32)28-18-5-11-23(22(14-18)25(29)30)34-20-6-4-15-12-17(24(26)27)3-2-16(15)13-20/h2-14,28H,1H3,(H3,26,27)(H,29,30). The number of fused-ring (bicyclic) bond motifs is 1. The highest BCUT2D eigenvalue weighted by atomic mass is 32.2. The van der Waals surface area contributed by atoms with Crippen molar-refractivity contribution in [1.82, 2.24) is 0 Å². The van der Waals surface area contributed by atoms with Crippen LogP contribution in [0.15, 0.2) is 83.8 Å². The lowest BCUT2D eigenvalue weighted by Crippen LogP contribution is -2.13. The number of nitrogens with one attached hydrogen (secondary N) is 2. The molecule has 4 rings (SSSR count). The zero-order valence-corrected chi connectivity index (χ0v) is 19.3. The van der Waals surface area contributed by atoms with Crippen LogP contribution in [0.25, 0.3) is 10.8 Å². The molecule has 0 fully saturated rings. The van der Waals surface area contributed by atoms with Crippen molar-refractivity contribution in [2.75, 3.05) is 11.8 Å². The van der Waals surface area contributed by atoms with E-state index in [-0.39, 0.29) is 27.7 Å². The van der Waals surface area contributed by atoms with Crippen LogP contribution in [-0.4, -0.2) is 32.4 Å². The van der Waals surface area contributed by atoms with E-state index in [1.165, 1.54) is 49.6 Å². The summed E-state index contributed by atoms with van der Waals surface area (Å²) < 4.78 is 38.6. The van der Waals surface area contributed by atoms with Crippen LogP contribution in [0, 0.1) is 5.41 Å². The van der Waals surface area contributed by atoms with Crippen LogP contribution in [0.5, 0.6) is 17.2 Å². The van der Waals surface area contributed by atoms with E-state index >= 15 is 0 Å². The van der Waals surface area contributed by atoms with Crippen LogP contribution in [0.4, 0.5) is 5.69 Å². The molecule has 0 unspecified atom stereocenters. The normalized spacial score (nSPS) is 11.1. The van der Waals surface area contributed by atoms with Gasteiger partial charge in [0.15, 0.2) is 0 Å². The minimum atomic E-state index is -3.95. The molecule has 9 nitrogen and oxygen atoms in total. The number of carboxylic acid groups (broad SMARTS) is 1. The third-order valence-corrected chi connectivity index (χ3v) is 6.58. The monoisotopic (exact) mass is 491 g/mol. The van der Waals surface area contributed by atoms with E-state index < -0.39 is 16.0 Å². The second-order valence-corrected chi connectivity index (χ2v) is 9.22. The van der Waals surface area contributed by atoms with Crippen LogP contribution in [0.1, 0.15) is 15.9 Å². The Morgan fingerprint density at radius 1 is 0.914 bits per heavy atom. The van der Waals surface area contributed by atoms with Crippen molar-refractivity contribution in [3.8, 4) is 17.2 Å². The Labute approximate surface area is 201 Å². The molecular weight excluding hydrogens is 470 g/mol. The number of amidine groups is 1. The molecule has 0 aliphatic rings. The number of carboxylic acids is 1. The van der Waals surface area contributed by atoms with E-state index in [0.29, 0.717) is 17.1 Å². The maximum Gasteiger partial charge on any atom is 0.339 e. The van der Waals surface area contributed by atoms with Crippen LogP contribution < -0.4 is 19.9 Å². The number of anilines is 1. The van der Waals surface area contributed by atoms with Crippen LogP contribution in [0.3, 0.4) is 0 Å². The van der Waals surface area contributed by atoms with Crippen LogP contribution in [0.2, 0.25) is 0 Å². The minimum absolute atomic E-state index is 0.000374. The predicted molar refractivity (Wildman–Crippen MR) is 132 cm³/mol. The van der Waals surface area contributed by atoms with Gasteiger partial charge >= 0.3 is 5.97 Å². The Hall–Kier alpha value is -4.57. The predicted octanol–water partition coefficient (Wildman–Crippen LogP) is 4.42. The molecule has 178 valence electrons. The minimum Gasteiger partial charge on any atom is -0.497 e. The van der Waals surface area contributed by atoms with Gasteiger partial charge in [0.25, 0.3) is 10.0 Å². The summed E-state index contributed by atoms with van der Waals surface area (Å²) in [5.41, 5.74) is 5.98. The zero-order chi connectivity index (χ0) is 25.2. The summed E-state index contributed by atoms with van der Waals surface area (Å²) in [6.45, 7) is 0. The van der Waals surface area contributed by atoms with E-state index in [4.69, 9.17) is 20.6 Å². The van der Waals surface area contributed by atoms with Crippen molar-refractivity contribution in [3.05, 3.63) is 90.0 Å². The molecule has 0 amide bonds. The second kappa shape index (κ2) is 9.35. The van der Waals surface area contributed by atoms with Crippen LogP contribution in [-0.2, 0) is 10.0 Å². The fourth-order valence-corrected chi connectivity index (χ4v) is 4.45. The number of ether oxygens (including phenoxy) is 2. The number of carbonyl (C=O) groups is 1. The third kappa shape index (κ3) is 5.17. The molecule has 0 heterocycles. The Morgan fingerprint density at radius 3 is 2.23 bits per heavy atom. The molecule has 5 N–H and O–H groups in total. The molecule has 0 aromatic heterocycles. The molecule has 0 saturated carbocycles. The first-order valence-corrected chi connectivity index (χ1v) is 11.7. The first kappa shape index (κ1) is 23.6. The molecule has 0 spiro atoms. The Bertz CT molecular complexity index is 1550. The van der Waals surface area contributed by atoms with Gasteiger partial charge in [-0.15, -0.1) is 0 Å². The summed E-state index contributed by atoms with van der Waals surface area (Å²) in [5, 5.41) is 18.9. The number of hydrogen-bond acceptors (Lipinski definition) is 6. The van der Waals surface area contributed by atoms with Gasteiger partial charge in [0.1, 0.15) is 28.6 Å². The largest absolute Gasteiger partial charge is 0.497 e. The molecule has 0 bridgehead atoms. The summed E-state index contributed by atoms with van der Waals surface area (Å²) in [7, 11) is -2.48. The number of sulfonamides is 1. The maximum atomic E-state index is 12.7. The Kier molecular flexibility index (Phi) is 6.30. The van der Waals surface area contributed by atoms with E-state index in [9.17, 15) is 18.3 Å². The number of nitrogen functional groups attached to an aromatic ring is 1. The summed E-state index contributed by atoms with van der Waals surface area (Å²) in [4.78, 5) is 11.9. The van der Waals surface area contributed by atoms with Gasteiger partial charge in [-0.2, -0.15) is 0 Å². The number of rotatable bonds is 8. The molecule has 35 heavy (non-hydrogen) atoms. The first-order valence-electron chi connectivity index (χ1n) is 10.3. The molecule has 0 aliphatic heterocycles. The molecule has 4 aromatic carbocycles. The highest BCUT2D eigenvalue weighted by molar-refractivity contribution is 7.92. The first-order chi connectivity index (χ1) is 16.7. The van der Waals surface area contributed by atoms with E-state index in [1.807, 2.05) is 0 Å². The Balaban J connectivity index is 1.60.